The molecule has 7 unspecified atom stereocenters. The molecule has 0 aromatic heterocycles. The first-order chi connectivity index (χ1) is 29.2. The van der Waals surface area contributed by atoms with Crippen molar-refractivity contribution < 1.29 is 0 Å². The molecule has 7 saturated carbocycles. The Hall–Kier alpha value is 0. The highest BCUT2D eigenvalue weighted by molar-refractivity contribution is 4.89. The summed E-state index contributed by atoms with van der Waals surface area (Å²) in [5.74, 6) is 14.3. The van der Waals surface area contributed by atoms with Crippen molar-refractivity contribution in [1.82, 2.24) is 0 Å². The lowest BCUT2D eigenvalue weighted by Crippen LogP contribution is -2.34. The maximum atomic E-state index is 2.46. The number of hydrogen-bond acceptors (Lipinski definition) is 0. The minimum absolute atomic E-state index is 0.586. The standard InChI is InChI=1S/C15H28.C12H24.C10H20.C9H18.2C8H16/c1-12-3-7-14(8-4-12)11-15-9-5-13(2)6-10-15;1-6-12(5)8-10(2)7-11(3,4)9-12;1-3-9-5-7-10(4-2)8-6-9;1-7-4-5-8(2)9(3)6-7;1-7-3-5-8(2)6-4-7;1-7-4-3-5-8(2)6-7/h12-15H,3-11H2,1-2H3;10H,6-9H2,1-5H3;9-10H,3-8H2,1-2H3;7-9H,4-6H2,1-3H3;2*7-8H,3-6H2,1-2H3. The van der Waals surface area contributed by atoms with Gasteiger partial charge in [0.1, 0.15) is 0 Å². The van der Waals surface area contributed by atoms with Gasteiger partial charge in [0.15, 0.2) is 0 Å². The predicted octanol–water partition coefficient (Wildman–Crippen LogP) is 21.6. The van der Waals surface area contributed by atoms with Crippen LogP contribution in [0.15, 0.2) is 0 Å². The minimum atomic E-state index is 0.586. The van der Waals surface area contributed by atoms with Gasteiger partial charge in [-0.15, -0.1) is 0 Å². The lowest BCUT2D eigenvalue weighted by atomic mass is 9.60. The molecule has 7 rings (SSSR count). The molecule has 0 bridgehead atoms. The Balaban J connectivity index is 0.000000260. The van der Waals surface area contributed by atoms with E-state index in [-0.39, 0.29) is 0 Å². The van der Waals surface area contributed by atoms with Crippen LogP contribution in [0.2, 0.25) is 0 Å². The van der Waals surface area contributed by atoms with E-state index in [0.717, 1.165) is 82.9 Å². The zero-order valence-electron chi connectivity index (χ0n) is 46.3. The first-order valence-electron chi connectivity index (χ1n) is 29.2. The average molecular weight is 868 g/mol. The zero-order chi connectivity index (χ0) is 46.3. The molecule has 7 fully saturated rings. The van der Waals surface area contributed by atoms with Crippen molar-refractivity contribution in [2.24, 2.45) is 93.7 Å². The molecule has 0 amide bonds. The van der Waals surface area contributed by atoms with Crippen molar-refractivity contribution in [3.63, 3.8) is 0 Å². The van der Waals surface area contributed by atoms with Gasteiger partial charge in [0, 0.05) is 0 Å². The normalized spacial score (nSPS) is 40.6. The Morgan fingerprint density at radius 1 is 0.339 bits per heavy atom. The monoisotopic (exact) mass is 867 g/mol. The van der Waals surface area contributed by atoms with Crippen LogP contribution in [0.4, 0.5) is 0 Å². The summed E-state index contributed by atoms with van der Waals surface area (Å²) >= 11 is 0. The molecular formula is C62H122. The summed E-state index contributed by atoms with van der Waals surface area (Å²) in [5.41, 5.74) is 1.21. The summed E-state index contributed by atoms with van der Waals surface area (Å²) in [6, 6.07) is 0. The summed E-state index contributed by atoms with van der Waals surface area (Å²) in [5, 5.41) is 0. The molecule has 7 aliphatic rings. The average Bonchev–Trinajstić information content (AvgIpc) is 3.22. The van der Waals surface area contributed by atoms with E-state index >= 15 is 0 Å². The lowest BCUT2D eigenvalue weighted by molar-refractivity contribution is 0.0581. The second-order valence-electron chi connectivity index (χ2n) is 26.8. The van der Waals surface area contributed by atoms with Crippen molar-refractivity contribution >= 4 is 0 Å². The Kier molecular flexibility index (Phi) is 29.2. The van der Waals surface area contributed by atoms with Crippen LogP contribution in [0.25, 0.3) is 0 Å². The topological polar surface area (TPSA) is 0 Å². The number of hydrogen-bond donors (Lipinski definition) is 0. The van der Waals surface area contributed by atoms with Gasteiger partial charge in [-0.3, -0.25) is 0 Å². The van der Waals surface area contributed by atoms with E-state index in [1.54, 1.807) is 6.42 Å². The van der Waals surface area contributed by atoms with Crippen LogP contribution in [0, 0.1) is 93.7 Å². The highest BCUT2D eigenvalue weighted by atomic mass is 14.4. The van der Waals surface area contributed by atoms with Gasteiger partial charge in [0.2, 0.25) is 0 Å². The van der Waals surface area contributed by atoms with E-state index in [1.807, 2.05) is 0 Å². The third-order valence-electron chi connectivity index (χ3n) is 18.9. The third kappa shape index (κ3) is 25.8. The second-order valence-corrected chi connectivity index (χ2v) is 26.8. The van der Waals surface area contributed by atoms with Crippen LogP contribution in [-0.4, -0.2) is 0 Å². The maximum Gasteiger partial charge on any atom is -0.0321 e. The molecule has 0 heterocycles. The molecule has 0 aliphatic heterocycles. The molecule has 370 valence electrons. The van der Waals surface area contributed by atoms with E-state index in [2.05, 4.69) is 111 Å². The van der Waals surface area contributed by atoms with Gasteiger partial charge in [-0.1, -0.05) is 265 Å². The van der Waals surface area contributed by atoms with E-state index in [0.29, 0.717) is 10.8 Å². The summed E-state index contributed by atoms with van der Waals surface area (Å²) in [7, 11) is 0. The first kappa shape index (κ1) is 58.1. The van der Waals surface area contributed by atoms with E-state index in [1.165, 1.54) is 186 Å². The molecule has 0 aromatic rings. The second kappa shape index (κ2) is 31.1. The fourth-order valence-electron chi connectivity index (χ4n) is 14.1. The van der Waals surface area contributed by atoms with Crippen molar-refractivity contribution in [2.45, 2.75) is 303 Å². The highest BCUT2D eigenvalue weighted by Gasteiger charge is 2.38. The van der Waals surface area contributed by atoms with Gasteiger partial charge in [0.25, 0.3) is 0 Å². The third-order valence-corrected chi connectivity index (χ3v) is 18.9. The minimum Gasteiger partial charge on any atom is -0.0651 e. The summed E-state index contributed by atoms with van der Waals surface area (Å²) in [6.45, 7) is 38.2. The van der Waals surface area contributed by atoms with Crippen LogP contribution >= 0.6 is 0 Å². The van der Waals surface area contributed by atoms with E-state index in [9.17, 15) is 0 Å². The summed E-state index contributed by atoms with van der Waals surface area (Å²) in [4.78, 5) is 0. The smallest absolute Gasteiger partial charge is 0.0321 e. The molecule has 7 aliphatic carbocycles. The van der Waals surface area contributed by atoms with Crippen molar-refractivity contribution in [2.75, 3.05) is 0 Å². The van der Waals surface area contributed by atoms with Crippen LogP contribution in [0.3, 0.4) is 0 Å². The van der Waals surface area contributed by atoms with Gasteiger partial charge in [0.05, 0.1) is 0 Å². The Bertz CT molecular complexity index is 988. The van der Waals surface area contributed by atoms with Crippen molar-refractivity contribution in [3.8, 4) is 0 Å². The van der Waals surface area contributed by atoms with Crippen LogP contribution in [0.1, 0.15) is 303 Å². The molecule has 0 N–H and O–H groups in total. The molecule has 0 spiro atoms. The van der Waals surface area contributed by atoms with Crippen LogP contribution in [0.5, 0.6) is 0 Å². The van der Waals surface area contributed by atoms with Gasteiger partial charge in [-0.2, -0.15) is 0 Å². The predicted molar refractivity (Wildman–Crippen MR) is 283 cm³/mol. The lowest BCUT2D eigenvalue weighted by Gasteiger charge is -2.45. The summed E-state index contributed by atoms with van der Waals surface area (Å²) < 4.78 is 0. The van der Waals surface area contributed by atoms with Gasteiger partial charge in [-0.25, -0.2) is 0 Å². The number of rotatable bonds is 5. The van der Waals surface area contributed by atoms with Gasteiger partial charge < -0.3 is 0 Å². The molecule has 0 nitrogen and oxygen atoms in total. The van der Waals surface area contributed by atoms with E-state index in [4.69, 9.17) is 0 Å². The van der Waals surface area contributed by atoms with Crippen molar-refractivity contribution in [3.05, 3.63) is 0 Å². The molecular weight excluding hydrogens is 745 g/mol. The largest absolute Gasteiger partial charge is 0.0651 e. The first-order valence-corrected chi connectivity index (χ1v) is 29.2. The fourth-order valence-corrected chi connectivity index (χ4v) is 14.1. The Morgan fingerprint density at radius 3 is 1.00 bits per heavy atom. The highest BCUT2D eigenvalue weighted by Crippen LogP contribution is 2.50. The molecule has 62 heavy (non-hydrogen) atoms. The Morgan fingerprint density at radius 2 is 0.694 bits per heavy atom. The molecule has 0 aromatic carbocycles. The fraction of sp³-hybridized carbons (Fsp3) is 1.00. The summed E-state index contributed by atoms with van der Waals surface area (Å²) in [6.07, 6.45) is 44.4. The quantitative estimate of drug-likeness (QED) is 0.258. The maximum absolute atomic E-state index is 2.46. The Labute approximate surface area is 395 Å². The van der Waals surface area contributed by atoms with Crippen molar-refractivity contribution in [1.29, 1.82) is 0 Å². The van der Waals surface area contributed by atoms with E-state index < -0.39 is 0 Å². The molecule has 0 heteroatoms. The molecule has 0 saturated heterocycles. The molecule has 7 atom stereocenters. The van der Waals surface area contributed by atoms with Crippen LogP contribution < -0.4 is 0 Å². The molecule has 0 radical (unpaired) electrons. The van der Waals surface area contributed by atoms with Gasteiger partial charge in [-0.05, 0) is 132 Å². The SMILES string of the molecule is CC1CCC(C)C(C)C1.CC1CCC(C)CC1.CC1CCC(CC2CCC(C)CC2)CC1.CC1CCCC(C)C1.CCC1(C)CC(C)CC(C)(C)C1.CCC1CCC(CC)CC1. The van der Waals surface area contributed by atoms with Gasteiger partial charge >= 0.3 is 0 Å². The van der Waals surface area contributed by atoms with Crippen LogP contribution in [-0.2, 0) is 0 Å². The zero-order valence-corrected chi connectivity index (χ0v) is 46.3.